The lowest BCUT2D eigenvalue weighted by Gasteiger charge is -2.15. The molecule has 8 heteroatoms. The molecule has 30 heavy (non-hydrogen) atoms. The molecular weight excluding hydrogens is 416 g/mol. The number of benzene rings is 1. The molecule has 0 unspecified atom stereocenters. The van der Waals surface area contributed by atoms with Crippen molar-refractivity contribution in [2.75, 3.05) is 31.3 Å². The number of hydrogen-bond acceptors (Lipinski definition) is 6. The number of nitrogens with zero attached hydrogens (tertiary/aromatic N) is 4. The summed E-state index contributed by atoms with van der Waals surface area (Å²) in [5, 5.41) is 7.29. The van der Waals surface area contributed by atoms with Crippen molar-refractivity contribution in [3.8, 4) is 11.3 Å². The van der Waals surface area contributed by atoms with Crippen LogP contribution in [0.2, 0.25) is 5.02 Å². The molecule has 0 saturated carbocycles. The molecule has 2 N–H and O–H groups in total. The highest BCUT2D eigenvalue weighted by Crippen LogP contribution is 2.37. The van der Waals surface area contributed by atoms with Gasteiger partial charge >= 0.3 is 0 Å². The molecule has 3 aromatic rings. The van der Waals surface area contributed by atoms with Crippen LogP contribution in [-0.4, -0.2) is 45.5 Å². The minimum absolute atomic E-state index is 0.518. The van der Waals surface area contributed by atoms with Gasteiger partial charge in [0.1, 0.15) is 0 Å². The normalized spacial score (nSPS) is 12.7. The largest absolute Gasteiger partial charge is 0.349 e. The Hall–Kier alpha value is -2.61. The Bertz CT molecular complexity index is 1070. The highest BCUT2D eigenvalue weighted by atomic mass is 35.5. The second kappa shape index (κ2) is 9.04. The van der Waals surface area contributed by atoms with Crippen LogP contribution in [-0.2, 0) is 12.8 Å². The van der Waals surface area contributed by atoms with Crippen LogP contribution >= 0.6 is 23.8 Å². The number of halogens is 1. The molecule has 0 fully saturated rings. The first-order valence-corrected chi connectivity index (χ1v) is 10.6. The van der Waals surface area contributed by atoms with Crippen molar-refractivity contribution in [3.05, 3.63) is 59.0 Å². The van der Waals surface area contributed by atoms with E-state index < -0.39 is 0 Å². The van der Waals surface area contributed by atoms with Crippen molar-refractivity contribution in [2.24, 2.45) is 0 Å². The van der Waals surface area contributed by atoms with E-state index in [1.54, 1.807) is 12.4 Å². The quantitative estimate of drug-likeness (QED) is 0.539. The fraction of sp³-hybridized carbons (Fsp3) is 0.273. The third-order valence-corrected chi connectivity index (χ3v) is 5.50. The van der Waals surface area contributed by atoms with E-state index in [1.165, 1.54) is 0 Å². The SMILES string of the molecule is CN(C)CCCc1cc2c(cc1Cl)NC(=S)Cc1cnc(Nc3cccnc3)nc1-2. The smallest absolute Gasteiger partial charge is 0.227 e. The third-order valence-electron chi connectivity index (χ3n) is 4.90. The minimum atomic E-state index is 0.518. The molecular formula is C22H23ClN6S. The number of rotatable bonds is 6. The number of aryl methyl sites for hydroxylation is 1. The lowest BCUT2D eigenvalue weighted by Crippen LogP contribution is -2.13. The van der Waals surface area contributed by atoms with Gasteiger partial charge in [-0.1, -0.05) is 23.8 Å². The average Bonchev–Trinajstić information content (AvgIpc) is 2.84. The predicted molar refractivity (Wildman–Crippen MR) is 127 cm³/mol. The third kappa shape index (κ3) is 4.75. The first-order chi connectivity index (χ1) is 14.5. The van der Waals surface area contributed by atoms with Crippen LogP contribution in [0.1, 0.15) is 17.5 Å². The highest BCUT2D eigenvalue weighted by Gasteiger charge is 2.21. The van der Waals surface area contributed by atoms with Crippen LogP contribution in [0.15, 0.2) is 42.9 Å². The molecule has 0 aliphatic carbocycles. The maximum atomic E-state index is 6.59. The summed E-state index contributed by atoms with van der Waals surface area (Å²) in [5.74, 6) is 0.518. The molecule has 0 saturated heterocycles. The summed E-state index contributed by atoms with van der Waals surface area (Å²) in [6.07, 6.45) is 7.82. The van der Waals surface area contributed by atoms with E-state index in [1.807, 2.05) is 24.4 Å². The molecule has 1 aliphatic rings. The van der Waals surface area contributed by atoms with Gasteiger partial charge in [0.15, 0.2) is 0 Å². The number of nitrogens with one attached hydrogen (secondary N) is 2. The Balaban J connectivity index is 1.72. The molecule has 4 rings (SSSR count). The molecule has 2 aromatic heterocycles. The molecule has 6 nitrogen and oxygen atoms in total. The van der Waals surface area contributed by atoms with Crippen LogP contribution in [0.5, 0.6) is 0 Å². The number of hydrogen-bond donors (Lipinski definition) is 2. The number of pyridine rings is 1. The Morgan fingerprint density at radius 1 is 1.27 bits per heavy atom. The maximum Gasteiger partial charge on any atom is 0.227 e. The lowest BCUT2D eigenvalue weighted by atomic mass is 10.00. The van der Waals surface area contributed by atoms with Gasteiger partial charge < -0.3 is 15.5 Å². The number of anilines is 3. The molecule has 0 spiro atoms. The zero-order valence-corrected chi connectivity index (χ0v) is 18.5. The molecule has 0 radical (unpaired) electrons. The molecule has 1 aromatic carbocycles. The highest BCUT2D eigenvalue weighted by molar-refractivity contribution is 7.80. The van der Waals surface area contributed by atoms with Gasteiger partial charge in [0, 0.05) is 40.7 Å². The molecule has 0 amide bonds. The topological polar surface area (TPSA) is 66.0 Å². The van der Waals surface area contributed by atoms with Gasteiger partial charge in [-0.3, -0.25) is 4.98 Å². The van der Waals surface area contributed by atoms with Gasteiger partial charge in [0.25, 0.3) is 0 Å². The molecule has 0 atom stereocenters. The van der Waals surface area contributed by atoms with E-state index >= 15 is 0 Å². The molecule has 1 aliphatic heterocycles. The molecule has 3 heterocycles. The van der Waals surface area contributed by atoms with E-state index in [2.05, 4.69) is 45.7 Å². The Kier molecular flexibility index (Phi) is 6.22. The fourth-order valence-corrected chi connectivity index (χ4v) is 3.98. The van der Waals surface area contributed by atoms with Gasteiger partial charge in [-0.05, 0) is 63.3 Å². The lowest BCUT2D eigenvalue weighted by molar-refractivity contribution is 0.400. The zero-order valence-electron chi connectivity index (χ0n) is 16.9. The van der Waals surface area contributed by atoms with E-state index in [0.717, 1.165) is 63.2 Å². The van der Waals surface area contributed by atoms with Crippen molar-refractivity contribution >= 4 is 46.1 Å². The zero-order chi connectivity index (χ0) is 21.1. The first kappa shape index (κ1) is 20.7. The van der Waals surface area contributed by atoms with Gasteiger partial charge in [-0.15, -0.1) is 0 Å². The monoisotopic (exact) mass is 438 g/mol. The maximum absolute atomic E-state index is 6.59. The van der Waals surface area contributed by atoms with E-state index in [9.17, 15) is 0 Å². The van der Waals surface area contributed by atoms with E-state index in [-0.39, 0.29) is 0 Å². The summed E-state index contributed by atoms with van der Waals surface area (Å²) in [6, 6.07) is 7.88. The number of thiocarbonyl (C=S) groups is 1. The van der Waals surface area contributed by atoms with Crippen molar-refractivity contribution in [1.29, 1.82) is 0 Å². The Labute approximate surface area is 186 Å². The van der Waals surface area contributed by atoms with Gasteiger partial charge in [-0.2, -0.15) is 0 Å². The van der Waals surface area contributed by atoms with E-state index in [4.69, 9.17) is 28.8 Å². The van der Waals surface area contributed by atoms with Crippen molar-refractivity contribution < 1.29 is 0 Å². The standard InChI is InChI=1S/C22H23ClN6S/c1-29(2)8-4-5-14-9-17-19(11-18(14)23)27-20(30)10-15-12-25-22(28-21(15)17)26-16-6-3-7-24-13-16/h3,6-7,9,11-13H,4-5,8,10H2,1-2H3,(H,27,30)(H,25,26,28). The van der Waals surface area contributed by atoms with Gasteiger partial charge in [0.05, 0.1) is 22.6 Å². The van der Waals surface area contributed by atoms with Gasteiger partial charge in [-0.25, -0.2) is 9.97 Å². The number of aromatic nitrogens is 3. The first-order valence-electron chi connectivity index (χ1n) is 9.80. The molecule has 0 bridgehead atoms. The predicted octanol–water partition coefficient (Wildman–Crippen LogP) is 4.73. The van der Waals surface area contributed by atoms with Crippen LogP contribution < -0.4 is 10.6 Å². The van der Waals surface area contributed by atoms with Crippen LogP contribution in [0.4, 0.5) is 17.3 Å². The van der Waals surface area contributed by atoms with Crippen molar-refractivity contribution in [2.45, 2.75) is 19.3 Å². The fourth-order valence-electron chi connectivity index (χ4n) is 3.46. The van der Waals surface area contributed by atoms with Gasteiger partial charge in [0.2, 0.25) is 5.95 Å². The van der Waals surface area contributed by atoms with Crippen LogP contribution in [0.3, 0.4) is 0 Å². The van der Waals surface area contributed by atoms with Crippen molar-refractivity contribution in [1.82, 2.24) is 19.9 Å². The van der Waals surface area contributed by atoms with E-state index in [0.29, 0.717) is 12.4 Å². The summed E-state index contributed by atoms with van der Waals surface area (Å²) in [5.41, 5.74) is 5.67. The summed E-state index contributed by atoms with van der Waals surface area (Å²) in [7, 11) is 4.15. The van der Waals surface area contributed by atoms with Crippen LogP contribution in [0, 0.1) is 0 Å². The van der Waals surface area contributed by atoms with Crippen molar-refractivity contribution in [3.63, 3.8) is 0 Å². The summed E-state index contributed by atoms with van der Waals surface area (Å²) < 4.78 is 0. The summed E-state index contributed by atoms with van der Waals surface area (Å²) in [6.45, 7) is 1.01. The minimum Gasteiger partial charge on any atom is -0.349 e. The summed E-state index contributed by atoms with van der Waals surface area (Å²) in [4.78, 5) is 16.3. The molecule has 154 valence electrons. The average molecular weight is 439 g/mol. The second-order valence-corrected chi connectivity index (χ2v) is 8.46. The number of fused-ring (bicyclic) bond motifs is 3. The Morgan fingerprint density at radius 2 is 2.13 bits per heavy atom. The Morgan fingerprint density at radius 3 is 2.90 bits per heavy atom. The summed E-state index contributed by atoms with van der Waals surface area (Å²) >= 11 is 12.1. The van der Waals surface area contributed by atoms with Crippen LogP contribution in [0.25, 0.3) is 11.3 Å². The second-order valence-electron chi connectivity index (χ2n) is 7.56.